The summed E-state index contributed by atoms with van der Waals surface area (Å²) in [5.41, 5.74) is 8.42. The largest absolute Gasteiger partial charge is 0.488 e. The molecule has 5 aromatic rings. The van der Waals surface area contributed by atoms with Crippen LogP contribution in [0.3, 0.4) is 0 Å². The van der Waals surface area contributed by atoms with Gasteiger partial charge in [0.25, 0.3) is 0 Å². The Morgan fingerprint density at radius 2 is 1.78 bits per heavy atom. The van der Waals surface area contributed by atoms with Gasteiger partial charge in [-0.3, -0.25) is 9.88 Å². The first-order valence-corrected chi connectivity index (χ1v) is 17.6. The monoisotopic (exact) mass is 675 g/mol. The van der Waals surface area contributed by atoms with E-state index in [0.29, 0.717) is 22.9 Å². The molecule has 2 saturated heterocycles. The van der Waals surface area contributed by atoms with Gasteiger partial charge in [0.15, 0.2) is 5.58 Å². The average molecular weight is 676 g/mol. The molecule has 2 aliphatic rings. The Bertz CT molecular complexity index is 1990. The molecule has 252 valence electrons. The number of likely N-dealkylation sites (tertiary alicyclic amines) is 1. The molecular formula is C40H42ClN5O3. The maximum absolute atomic E-state index is 9.32. The maximum atomic E-state index is 9.32. The Labute approximate surface area is 293 Å². The fourth-order valence-corrected chi connectivity index (χ4v) is 7.19. The highest BCUT2D eigenvalue weighted by molar-refractivity contribution is 6.32. The first kappa shape index (κ1) is 33.1. The zero-order valence-electron chi connectivity index (χ0n) is 28.2. The standard InChI is InChI=1S/C40H42ClN5O3/c1-27-31(7-6-8-33(27)30-9-10-36-35(19-30)45-39(49-36)40(2)11-13-43-14-12-40)26-48-38-20-37(47-25-29-17-28(21-42)22-44-23-29)32(18-34(38)41)24-46-15-4-3-5-16-46/h6-10,17-20,22-23,43H,3-5,11-16,24-26H2,1-2H3. The van der Waals surface area contributed by atoms with Crippen molar-refractivity contribution in [2.45, 2.75) is 71.1 Å². The molecule has 0 bridgehead atoms. The Morgan fingerprint density at radius 3 is 2.59 bits per heavy atom. The number of nitrogens with zero attached hydrogens (tertiary/aromatic N) is 4. The van der Waals surface area contributed by atoms with Crippen LogP contribution in [0.2, 0.25) is 5.02 Å². The number of ether oxygens (including phenoxy) is 2. The van der Waals surface area contributed by atoms with E-state index < -0.39 is 0 Å². The predicted octanol–water partition coefficient (Wildman–Crippen LogP) is 8.51. The van der Waals surface area contributed by atoms with Crippen molar-refractivity contribution >= 4 is 22.7 Å². The fraction of sp³-hybridized carbons (Fsp3) is 0.375. The molecule has 2 aromatic heterocycles. The molecule has 0 aliphatic carbocycles. The van der Waals surface area contributed by atoms with Crippen LogP contribution in [0, 0.1) is 18.3 Å². The van der Waals surface area contributed by atoms with Gasteiger partial charge in [0.2, 0.25) is 5.89 Å². The lowest BCUT2D eigenvalue weighted by Crippen LogP contribution is -2.37. The molecule has 0 unspecified atom stereocenters. The minimum absolute atomic E-state index is 0.0464. The van der Waals surface area contributed by atoms with Gasteiger partial charge in [-0.25, -0.2) is 4.98 Å². The van der Waals surface area contributed by atoms with E-state index in [-0.39, 0.29) is 12.0 Å². The minimum Gasteiger partial charge on any atom is -0.488 e. The molecule has 2 fully saturated rings. The minimum atomic E-state index is -0.0464. The molecule has 3 aromatic carbocycles. The Morgan fingerprint density at radius 1 is 0.959 bits per heavy atom. The Balaban J connectivity index is 1.11. The zero-order chi connectivity index (χ0) is 33.8. The summed E-state index contributed by atoms with van der Waals surface area (Å²) in [5, 5.41) is 13.3. The van der Waals surface area contributed by atoms with Crippen molar-refractivity contribution in [3.63, 3.8) is 0 Å². The smallest absolute Gasteiger partial charge is 0.201 e. The number of pyridine rings is 1. The second kappa shape index (κ2) is 14.6. The van der Waals surface area contributed by atoms with E-state index in [2.05, 4.69) is 65.4 Å². The predicted molar refractivity (Wildman–Crippen MR) is 192 cm³/mol. The van der Waals surface area contributed by atoms with Gasteiger partial charge in [-0.2, -0.15) is 5.26 Å². The molecule has 4 heterocycles. The summed E-state index contributed by atoms with van der Waals surface area (Å²) < 4.78 is 19.0. The fourth-order valence-electron chi connectivity index (χ4n) is 6.95. The summed E-state index contributed by atoms with van der Waals surface area (Å²) in [6.45, 7) is 9.83. The Kier molecular flexibility index (Phi) is 9.86. The molecule has 8 nitrogen and oxygen atoms in total. The molecule has 2 aliphatic heterocycles. The van der Waals surface area contributed by atoms with Crippen LogP contribution in [0.25, 0.3) is 22.2 Å². The molecule has 9 heteroatoms. The normalized spacial score (nSPS) is 16.4. The lowest BCUT2D eigenvalue weighted by molar-refractivity contribution is 0.214. The third kappa shape index (κ3) is 7.45. The van der Waals surface area contributed by atoms with Crippen LogP contribution in [-0.2, 0) is 25.2 Å². The van der Waals surface area contributed by atoms with Crippen molar-refractivity contribution in [3.8, 4) is 28.7 Å². The van der Waals surface area contributed by atoms with Crippen LogP contribution in [0.15, 0.2) is 71.4 Å². The van der Waals surface area contributed by atoms with Crippen LogP contribution in [-0.4, -0.2) is 41.0 Å². The van der Waals surface area contributed by atoms with Gasteiger partial charge in [0, 0.05) is 41.5 Å². The summed E-state index contributed by atoms with van der Waals surface area (Å²) in [5.74, 6) is 2.11. The zero-order valence-corrected chi connectivity index (χ0v) is 29.0. The molecule has 1 N–H and O–H groups in total. The van der Waals surface area contributed by atoms with Gasteiger partial charge in [0.05, 0.1) is 10.6 Å². The van der Waals surface area contributed by atoms with E-state index in [0.717, 1.165) is 102 Å². The van der Waals surface area contributed by atoms with Gasteiger partial charge in [-0.1, -0.05) is 49.2 Å². The quantitative estimate of drug-likeness (QED) is 0.157. The number of oxazole rings is 1. The SMILES string of the molecule is Cc1c(COc2cc(OCc3cncc(C#N)c3)c(CN3CCCCC3)cc2Cl)cccc1-c1ccc2oc(C3(C)CCNCC3)nc2c1. The van der Waals surface area contributed by atoms with Gasteiger partial charge in [-0.15, -0.1) is 0 Å². The van der Waals surface area contributed by atoms with E-state index in [4.69, 9.17) is 30.5 Å². The van der Waals surface area contributed by atoms with Crippen LogP contribution < -0.4 is 14.8 Å². The summed E-state index contributed by atoms with van der Waals surface area (Å²) >= 11 is 6.87. The number of hydrogen-bond acceptors (Lipinski definition) is 8. The number of piperidine rings is 2. The van der Waals surface area contributed by atoms with Crippen LogP contribution in [0.5, 0.6) is 11.5 Å². The number of nitriles is 1. The average Bonchev–Trinajstić information content (AvgIpc) is 3.57. The van der Waals surface area contributed by atoms with Crippen molar-refractivity contribution in [2.75, 3.05) is 26.2 Å². The van der Waals surface area contributed by atoms with Crippen molar-refractivity contribution < 1.29 is 13.9 Å². The summed E-state index contributed by atoms with van der Waals surface area (Å²) in [7, 11) is 0. The number of rotatable bonds is 10. The summed E-state index contributed by atoms with van der Waals surface area (Å²) in [4.78, 5) is 11.6. The van der Waals surface area contributed by atoms with Gasteiger partial charge in [0.1, 0.15) is 36.3 Å². The number of halogens is 1. The number of benzene rings is 3. The van der Waals surface area contributed by atoms with E-state index in [1.807, 2.05) is 18.2 Å². The van der Waals surface area contributed by atoms with Crippen molar-refractivity contribution in [1.29, 1.82) is 5.26 Å². The number of nitrogens with one attached hydrogen (secondary N) is 1. The number of aromatic nitrogens is 2. The second-order valence-corrected chi connectivity index (χ2v) is 14.0. The van der Waals surface area contributed by atoms with Crippen molar-refractivity contribution in [1.82, 2.24) is 20.2 Å². The molecule has 0 amide bonds. The highest BCUT2D eigenvalue weighted by Crippen LogP contribution is 2.38. The van der Waals surface area contributed by atoms with Gasteiger partial charge >= 0.3 is 0 Å². The highest BCUT2D eigenvalue weighted by Gasteiger charge is 2.33. The van der Waals surface area contributed by atoms with E-state index in [9.17, 15) is 5.26 Å². The summed E-state index contributed by atoms with van der Waals surface area (Å²) in [6, 6.07) is 20.4. The lowest BCUT2D eigenvalue weighted by atomic mass is 9.81. The molecule has 0 saturated carbocycles. The van der Waals surface area contributed by atoms with Gasteiger partial charge < -0.3 is 19.2 Å². The number of fused-ring (bicyclic) bond motifs is 1. The third-order valence-electron chi connectivity index (χ3n) is 10.0. The molecule has 0 atom stereocenters. The topological polar surface area (TPSA) is 96.4 Å². The first-order chi connectivity index (χ1) is 23.9. The van der Waals surface area contributed by atoms with Crippen molar-refractivity contribution in [2.24, 2.45) is 0 Å². The first-order valence-electron chi connectivity index (χ1n) is 17.2. The van der Waals surface area contributed by atoms with Crippen molar-refractivity contribution in [3.05, 3.63) is 106 Å². The van der Waals surface area contributed by atoms with E-state index in [1.54, 1.807) is 18.5 Å². The van der Waals surface area contributed by atoms with Crippen LogP contribution in [0.1, 0.15) is 72.7 Å². The van der Waals surface area contributed by atoms with Crippen LogP contribution >= 0.6 is 11.6 Å². The van der Waals surface area contributed by atoms with Crippen LogP contribution in [0.4, 0.5) is 0 Å². The molecule has 49 heavy (non-hydrogen) atoms. The molecule has 0 radical (unpaired) electrons. The molecule has 0 spiro atoms. The van der Waals surface area contributed by atoms with E-state index in [1.165, 1.54) is 19.3 Å². The lowest BCUT2D eigenvalue weighted by Gasteiger charge is -2.30. The number of hydrogen-bond donors (Lipinski definition) is 1. The Hall–Kier alpha value is -4.42. The molecule has 7 rings (SSSR count). The van der Waals surface area contributed by atoms with E-state index >= 15 is 0 Å². The second-order valence-electron chi connectivity index (χ2n) is 13.6. The molecular weight excluding hydrogens is 634 g/mol. The summed E-state index contributed by atoms with van der Waals surface area (Å²) in [6.07, 6.45) is 8.96. The third-order valence-corrected chi connectivity index (χ3v) is 10.3. The van der Waals surface area contributed by atoms with Gasteiger partial charge in [-0.05, 0) is 105 Å². The maximum Gasteiger partial charge on any atom is 0.201 e. The highest BCUT2D eigenvalue weighted by atomic mass is 35.5.